The molecular formula is C23H28N2O5. The van der Waals surface area contributed by atoms with Crippen LogP contribution in [0.2, 0.25) is 0 Å². The number of carboxylic acid groups (broad SMARTS) is 2. The van der Waals surface area contributed by atoms with E-state index in [0.29, 0.717) is 12.2 Å². The topological polar surface area (TPSA) is 100.0 Å². The van der Waals surface area contributed by atoms with Crippen molar-refractivity contribution in [3.8, 4) is 5.75 Å². The summed E-state index contributed by atoms with van der Waals surface area (Å²) in [4.78, 5) is 26.5. The Morgan fingerprint density at radius 1 is 1.17 bits per heavy atom. The van der Waals surface area contributed by atoms with E-state index in [-0.39, 0.29) is 12.0 Å². The first-order valence-electron chi connectivity index (χ1n) is 10.0. The Bertz CT molecular complexity index is 817. The molecule has 0 radical (unpaired) electrons. The van der Waals surface area contributed by atoms with Crippen molar-refractivity contribution < 1.29 is 24.5 Å². The number of aromatic nitrogens is 1. The second-order valence-corrected chi connectivity index (χ2v) is 6.89. The minimum Gasteiger partial charge on any atom is -0.494 e. The molecule has 1 saturated heterocycles. The molecule has 0 spiro atoms. The highest BCUT2D eigenvalue weighted by Crippen LogP contribution is 2.21. The van der Waals surface area contributed by atoms with Gasteiger partial charge in [0, 0.05) is 24.5 Å². The van der Waals surface area contributed by atoms with Gasteiger partial charge in [-0.2, -0.15) is 0 Å². The molecule has 0 aliphatic carbocycles. The number of ether oxygens (including phenoxy) is 1. The maximum atomic E-state index is 11.6. The van der Waals surface area contributed by atoms with Gasteiger partial charge in [0.25, 0.3) is 6.47 Å². The highest BCUT2D eigenvalue weighted by atomic mass is 16.5. The zero-order valence-electron chi connectivity index (χ0n) is 16.9. The summed E-state index contributed by atoms with van der Waals surface area (Å²) in [5.74, 6) is -0.214. The van der Waals surface area contributed by atoms with Crippen LogP contribution in [-0.4, -0.2) is 58.8 Å². The molecule has 7 nitrogen and oxygen atoms in total. The van der Waals surface area contributed by atoms with Crippen molar-refractivity contribution in [3.63, 3.8) is 0 Å². The van der Waals surface area contributed by atoms with Crippen LogP contribution in [0.1, 0.15) is 36.8 Å². The van der Waals surface area contributed by atoms with E-state index in [0.717, 1.165) is 24.3 Å². The van der Waals surface area contributed by atoms with E-state index < -0.39 is 5.97 Å². The van der Waals surface area contributed by atoms with Gasteiger partial charge in [-0.05, 0) is 62.2 Å². The summed E-state index contributed by atoms with van der Waals surface area (Å²) in [7, 11) is 0. The Labute approximate surface area is 176 Å². The molecule has 1 aliphatic heterocycles. The Hall–Kier alpha value is -3.19. The number of likely N-dealkylation sites (tertiary alicyclic amines) is 1. The minimum atomic E-state index is -0.976. The standard InChI is InChI=1S/C22H26N2O3.CH2O2/c25-22(26)21(19-8-5-10-23-17-19)16-18-7-4-9-20(15-18)27-14-6-13-24-11-2-1-3-12-24;2-1-3/h4-5,7-10,15-17H,1-3,6,11-14H2,(H,25,26);1H,(H,2,3). The molecule has 2 heterocycles. The van der Waals surface area contributed by atoms with Crippen molar-refractivity contribution in [2.75, 3.05) is 26.2 Å². The fourth-order valence-corrected chi connectivity index (χ4v) is 3.31. The summed E-state index contributed by atoms with van der Waals surface area (Å²) in [5.41, 5.74) is 1.59. The predicted molar refractivity (Wildman–Crippen MR) is 115 cm³/mol. The lowest BCUT2D eigenvalue weighted by Crippen LogP contribution is -2.31. The Morgan fingerprint density at radius 2 is 1.93 bits per heavy atom. The number of hydrogen-bond donors (Lipinski definition) is 2. The number of pyridine rings is 1. The molecule has 0 unspecified atom stereocenters. The van der Waals surface area contributed by atoms with Crippen LogP contribution in [0.5, 0.6) is 5.75 Å². The Kier molecular flexibility index (Phi) is 10.1. The van der Waals surface area contributed by atoms with Crippen LogP contribution in [0.25, 0.3) is 11.6 Å². The smallest absolute Gasteiger partial charge is 0.336 e. The molecule has 1 aliphatic rings. The van der Waals surface area contributed by atoms with Crippen LogP contribution >= 0.6 is 0 Å². The van der Waals surface area contributed by atoms with Gasteiger partial charge in [0.2, 0.25) is 0 Å². The number of carboxylic acids is 1. The quantitative estimate of drug-likeness (QED) is 0.388. The summed E-state index contributed by atoms with van der Waals surface area (Å²) >= 11 is 0. The van der Waals surface area contributed by atoms with E-state index in [9.17, 15) is 9.90 Å². The van der Waals surface area contributed by atoms with Crippen LogP contribution in [0.3, 0.4) is 0 Å². The number of rotatable bonds is 8. The van der Waals surface area contributed by atoms with Crippen LogP contribution in [0.4, 0.5) is 0 Å². The lowest BCUT2D eigenvalue weighted by atomic mass is 10.0. The molecule has 1 aromatic heterocycles. The Balaban J connectivity index is 0.00000101. The average molecular weight is 412 g/mol. The summed E-state index contributed by atoms with van der Waals surface area (Å²) < 4.78 is 5.87. The van der Waals surface area contributed by atoms with Crippen molar-refractivity contribution in [1.82, 2.24) is 9.88 Å². The van der Waals surface area contributed by atoms with Gasteiger partial charge in [0.1, 0.15) is 5.75 Å². The third kappa shape index (κ3) is 8.05. The minimum absolute atomic E-state index is 0.213. The molecule has 0 bridgehead atoms. The first-order valence-corrected chi connectivity index (χ1v) is 10.0. The first-order chi connectivity index (χ1) is 14.6. The lowest BCUT2D eigenvalue weighted by molar-refractivity contribution is -0.130. The zero-order valence-corrected chi connectivity index (χ0v) is 16.9. The summed E-state index contributed by atoms with van der Waals surface area (Å²) in [6.45, 7) is 3.89. The van der Waals surface area contributed by atoms with Gasteiger partial charge in [0.05, 0.1) is 12.2 Å². The monoisotopic (exact) mass is 412 g/mol. The van der Waals surface area contributed by atoms with Gasteiger partial charge in [-0.3, -0.25) is 9.78 Å². The van der Waals surface area contributed by atoms with E-state index in [1.807, 2.05) is 24.3 Å². The summed E-state index contributed by atoms with van der Waals surface area (Å²) in [5, 5.41) is 16.4. The summed E-state index contributed by atoms with van der Waals surface area (Å²) in [6.07, 6.45) is 9.79. The molecule has 0 saturated carbocycles. The second-order valence-electron chi connectivity index (χ2n) is 6.89. The van der Waals surface area contributed by atoms with Crippen LogP contribution in [0, 0.1) is 0 Å². The van der Waals surface area contributed by atoms with E-state index in [4.69, 9.17) is 14.6 Å². The number of nitrogens with zero attached hydrogens (tertiary/aromatic N) is 2. The fourth-order valence-electron chi connectivity index (χ4n) is 3.31. The summed E-state index contributed by atoms with van der Waals surface area (Å²) in [6, 6.07) is 11.0. The van der Waals surface area contributed by atoms with Gasteiger partial charge in [0.15, 0.2) is 0 Å². The molecule has 3 rings (SSSR count). The molecule has 30 heavy (non-hydrogen) atoms. The maximum Gasteiger partial charge on any atom is 0.336 e. The van der Waals surface area contributed by atoms with E-state index in [1.54, 1.807) is 30.6 Å². The highest BCUT2D eigenvalue weighted by Gasteiger charge is 2.11. The normalized spacial score (nSPS) is 14.3. The number of aliphatic carboxylic acids is 1. The van der Waals surface area contributed by atoms with Gasteiger partial charge in [-0.25, -0.2) is 4.79 Å². The molecule has 0 atom stereocenters. The third-order valence-electron chi connectivity index (χ3n) is 4.71. The predicted octanol–water partition coefficient (Wildman–Crippen LogP) is 3.66. The van der Waals surface area contributed by atoms with Crippen LogP contribution in [0.15, 0.2) is 48.8 Å². The largest absolute Gasteiger partial charge is 0.494 e. The highest BCUT2D eigenvalue weighted by molar-refractivity contribution is 6.20. The molecule has 2 N–H and O–H groups in total. The molecule has 7 heteroatoms. The van der Waals surface area contributed by atoms with Gasteiger partial charge >= 0.3 is 5.97 Å². The Morgan fingerprint density at radius 3 is 2.60 bits per heavy atom. The molecule has 160 valence electrons. The molecule has 2 aromatic rings. The van der Waals surface area contributed by atoms with Crippen molar-refractivity contribution in [3.05, 3.63) is 59.9 Å². The van der Waals surface area contributed by atoms with Crippen molar-refractivity contribution in [2.45, 2.75) is 25.7 Å². The number of benzene rings is 1. The average Bonchev–Trinajstić information content (AvgIpc) is 2.77. The number of carbonyl (C=O) groups is 2. The van der Waals surface area contributed by atoms with E-state index in [2.05, 4.69) is 9.88 Å². The van der Waals surface area contributed by atoms with Gasteiger partial charge in [-0.1, -0.05) is 24.6 Å². The van der Waals surface area contributed by atoms with Gasteiger partial charge in [-0.15, -0.1) is 0 Å². The fraction of sp³-hybridized carbons (Fsp3) is 0.348. The van der Waals surface area contributed by atoms with E-state index >= 15 is 0 Å². The maximum absolute atomic E-state index is 11.6. The second kappa shape index (κ2) is 13.1. The molecule has 1 fully saturated rings. The van der Waals surface area contributed by atoms with Crippen molar-refractivity contribution in [1.29, 1.82) is 0 Å². The van der Waals surface area contributed by atoms with Gasteiger partial charge < -0.3 is 19.8 Å². The molecule has 0 amide bonds. The first kappa shape index (κ1) is 23.1. The van der Waals surface area contributed by atoms with Crippen LogP contribution in [-0.2, 0) is 9.59 Å². The third-order valence-corrected chi connectivity index (χ3v) is 4.71. The SMILES string of the molecule is O=C(O)C(=Cc1cccc(OCCCN2CCCCC2)c1)c1cccnc1.O=CO. The van der Waals surface area contributed by atoms with Crippen molar-refractivity contribution >= 4 is 24.1 Å². The van der Waals surface area contributed by atoms with E-state index in [1.165, 1.54) is 32.4 Å². The zero-order chi connectivity index (χ0) is 21.6. The number of piperidine rings is 1. The molecule has 1 aromatic carbocycles. The molecular weight excluding hydrogens is 384 g/mol. The number of hydrogen-bond acceptors (Lipinski definition) is 5. The van der Waals surface area contributed by atoms with Crippen LogP contribution < -0.4 is 4.74 Å². The van der Waals surface area contributed by atoms with Crippen molar-refractivity contribution in [2.24, 2.45) is 0 Å². The lowest BCUT2D eigenvalue weighted by Gasteiger charge is -2.26.